The van der Waals surface area contributed by atoms with Gasteiger partial charge in [0.25, 0.3) is 0 Å². The lowest BCUT2D eigenvalue weighted by molar-refractivity contribution is 0.0988. The topological polar surface area (TPSA) is 26.3 Å². The van der Waals surface area contributed by atoms with Crippen molar-refractivity contribution < 1.29 is 9.53 Å². The first kappa shape index (κ1) is 10.3. The molecule has 0 aromatic heterocycles. The first-order valence-electron chi connectivity index (χ1n) is 4.05. The zero-order chi connectivity index (χ0) is 9.84. The molecule has 0 heterocycles. The normalized spacial score (nSPS) is 9.77. The van der Waals surface area contributed by atoms with Crippen LogP contribution in [0.4, 0.5) is 0 Å². The van der Waals surface area contributed by atoms with Gasteiger partial charge in [0.1, 0.15) is 5.75 Å². The predicted octanol–water partition coefficient (Wildman–Crippen LogP) is 3.05. The van der Waals surface area contributed by atoms with E-state index in [0.717, 1.165) is 15.8 Å². The number of hydrogen-bond donors (Lipinski definition) is 0. The van der Waals surface area contributed by atoms with Crippen molar-refractivity contribution in [2.24, 2.45) is 0 Å². The monoisotopic (exact) mass is 242 g/mol. The van der Waals surface area contributed by atoms with Crippen LogP contribution in [-0.4, -0.2) is 12.9 Å². The van der Waals surface area contributed by atoms with E-state index >= 15 is 0 Å². The van der Waals surface area contributed by atoms with Gasteiger partial charge in [0.2, 0.25) is 0 Å². The third kappa shape index (κ3) is 2.31. The van der Waals surface area contributed by atoms with Gasteiger partial charge in [0.15, 0.2) is 5.78 Å². The van der Waals surface area contributed by atoms with Crippen LogP contribution in [0.15, 0.2) is 22.7 Å². The molecule has 0 amide bonds. The molecule has 0 spiro atoms. The van der Waals surface area contributed by atoms with Crippen molar-refractivity contribution in [2.45, 2.75) is 13.3 Å². The molecule has 3 heteroatoms. The molecule has 1 aromatic rings. The molecular weight excluding hydrogens is 232 g/mol. The fourth-order valence-electron chi connectivity index (χ4n) is 1.04. The Labute approximate surface area is 86.0 Å². The molecule has 2 nitrogen and oxygen atoms in total. The summed E-state index contributed by atoms with van der Waals surface area (Å²) in [6, 6.07) is 5.34. The van der Waals surface area contributed by atoms with E-state index in [4.69, 9.17) is 4.74 Å². The first-order chi connectivity index (χ1) is 6.19. The molecule has 0 aliphatic carbocycles. The van der Waals surface area contributed by atoms with Crippen molar-refractivity contribution >= 4 is 21.7 Å². The second-order valence-electron chi connectivity index (χ2n) is 2.63. The van der Waals surface area contributed by atoms with E-state index in [1.807, 2.05) is 6.92 Å². The second kappa shape index (κ2) is 4.42. The van der Waals surface area contributed by atoms with E-state index in [9.17, 15) is 4.79 Å². The van der Waals surface area contributed by atoms with Crippen LogP contribution in [0.25, 0.3) is 0 Å². The number of hydrogen-bond acceptors (Lipinski definition) is 2. The Kier molecular flexibility index (Phi) is 3.48. The predicted molar refractivity (Wildman–Crippen MR) is 55.3 cm³/mol. The molecule has 0 unspecified atom stereocenters. The summed E-state index contributed by atoms with van der Waals surface area (Å²) >= 11 is 3.33. The van der Waals surface area contributed by atoms with Gasteiger partial charge in [-0.25, -0.2) is 0 Å². The Morgan fingerprint density at radius 1 is 1.54 bits per heavy atom. The van der Waals surface area contributed by atoms with Crippen LogP contribution in [0.5, 0.6) is 5.75 Å². The fraction of sp³-hybridized carbons (Fsp3) is 0.300. The molecule has 0 aliphatic rings. The van der Waals surface area contributed by atoms with Crippen LogP contribution in [0, 0.1) is 0 Å². The highest BCUT2D eigenvalue weighted by Gasteiger charge is 2.06. The SMILES string of the molecule is CCC(=O)c1ccc(OC)c(Br)c1. The van der Waals surface area contributed by atoms with Gasteiger partial charge in [0.05, 0.1) is 11.6 Å². The summed E-state index contributed by atoms with van der Waals surface area (Å²) in [7, 11) is 1.60. The van der Waals surface area contributed by atoms with Crippen molar-refractivity contribution in [1.82, 2.24) is 0 Å². The van der Waals surface area contributed by atoms with E-state index in [0.29, 0.717) is 6.42 Å². The molecule has 0 bridgehead atoms. The van der Waals surface area contributed by atoms with Crippen LogP contribution in [0.2, 0.25) is 0 Å². The van der Waals surface area contributed by atoms with Gasteiger partial charge in [-0.3, -0.25) is 4.79 Å². The largest absolute Gasteiger partial charge is 0.496 e. The highest BCUT2D eigenvalue weighted by molar-refractivity contribution is 9.10. The molecule has 0 N–H and O–H groups in total. The summed E-state index contributed by atoms with van der Waals surface area (Å²) in [5.41, 5.74) is 0.718. The molecule has 0 atom stereocenters. The summed E-state index contributed by atoms with van der Waals surface area (Å²) in [5.74, 6) is 0.885. The standard InChI is InChI=1S/C10H11BrO2/c1-3-9(12)7-4-5-10(13-2)8(11)6-7/h4-6H,3H2,1-2H3. The number of carbonyl (C=O) groups excluding carboxylic acids is 1. The summed E-state index contributed by atoms with van der Waals surface area (Å²) in [6.45, 7) is 1.85. The lowest BCUT2D eigenvalue weighted by atomic mass is 10.1. The van der Waals surface area contributed by atoms with Gasteiger partial charge in [-0.1, -0.05) is 6.92 Å². The average molecular weight is 243 g/mol. The molecule has 0 aliphatic heterocycles. The molecule has 0 saturated heterocycles. The first-order valence-corrected chi connectivity index (χ1v) is 4.85. The van der Waals surface area contributed by atoms with Crippen molar-refractivity contribution in [3.05, 3.63) is 28.2 Å². The molecule has 0 radical (unpaired) electrons. The van der Waals surface area contributed by atoms with Gasteiger partial charge in [-0.15, -0.1) is 0 Å². The number of ether oxygens (including phenoxy) is 1. The maximum atomic E-state index is 11.3. The number of carbonyl (C=O) groups is 1. The highest BCUT2D eigenvalue weighted by atomic mass is 79.9. The number of ketones is 1. The minimum absolute atomic E-state index is 0.142. The quantitative estimate of drug-likeness (QED) is 0.762. The molecule has 1 rings (SSSR count). The van der Waals surface area contributed by atoms with Crippen LogP contribution >= 0.6 is 15.9 Å². The van der Waals surface area contributed by atoms with Crippen molar-refractivity contribution in [2.75, 3.05) is 7.11 Å². The maximum Gasteiger partial charge on any atom is 0.162 e. The summed E-state index contributed by atoms with van der Waals surface area (Å²) in [5, 5.41) is 0. The van der Waals surface area contributed by atoms with Gasteiger partial charge < -0.3 is 4.74 Å². The molecule has 70 valence electrons. The number of benzene rings is 1. The molecule has 13 heavy (non-hydrogen) atoms. The zero-order valence-electron chi connectivity index (χ0n) is 7.63. The van der Waals surface area contributed by atoms with Crippen LogP contribution < -0.4 is 4.74 Å². The van der Waals surface area contributed by atoms with Gasteiger partial charge in [0, 0.05) is 12.0 Å². The molecular formula is C10H11BrO2. The highest BCUT2D eigenvalue weighted by Crippen LogP contribution is 2.25. The third-order valence-electron chi connectivity index (χ3n) is 1.79. The van der Waals surface area contributed by atoms with Gasteiger partial charge in [-0.05, 0) is 34.1 Å². The minimum atomic E-state index is 0.142. The van der Waals surface area contributed by atoms with Crippen LogP contribution in [0.3, 0.4) is 0 Å². The zero-order valence-corrected chi connectivity index (χ0v) is 9.22. The Morgan fingerprint density at radius 3 is 2.69 bits per heavy atom. The van der Waals surface area contributed by atoms with E-state index in [2.05, 4.69) is 15.9 Å². The Morgan fingerprint density at radius 2 is 2.23 bits per heavy atom. The number of halogens is 1. The summed E-state index contributed by atoms with van der Waals surface area (Å²) < 4.78 is 5.87. The lowest BCUT2D eigenvalue weighted by Crippen LogP contribution is -1.96. The van der Waals surface area contributed by atoms with Gasteiger partial charge >= 0.3 is 0 Å². The maximum absolute atomic E-state index is 11.3. The average Bonchev–Trinajstić information content (AvgIpc) is 2.16. The minimum Gasteiger partial charge on any atom is -0.496 e. The number of methoxy groups -OCH3 is 1. The number of Topliss-reactive ketones (excluding diaryl/α,β-unsaturated/α-hetero) is 1. The summed E-state index contributed by atoms with van der Waals surface area (Å²) in [6.07, 6.45) is 0.527. The molecule has 1 aromatic carbocycles. The van der Waals surface area contributed by atoms with E-state index in [1.165, 1.54) is 0 Å². The van der Waals surface area contributed by atoms with Gasteiger partial charge in [-0.2, -0.15) is 0 Å². The Balaban J connectivity index is 3.02. The van der Waals surface area contributed by atoms with E-state index < -0.39 is 0 Å². The van der Waals surface area contributed by atoms with Crippen molar-refractivity contribution in [3.8, 4) is 5.75 Å². The van der Waals surface area contributed by atoms with Crippen LogP contribution in [0.1, 0.15) is 23.7 Å². The smallest absolute Gasteiger partial charge is 0.162 e. The molecule has 0 fully saturated rings. The third-order valence-corrected chi connectivity index (χ3v) is 2.41. The molecule has 0 saturated carbocycles. The van der Waals surface area contributed by atoms with Crippen molar-refractivity contribution in [3.63, 3.8) is 0 Å². The number of rotatable bonds is 3. The van der Waals surface area contributed by atoms with E-state index in [1.54, 1.807) is 25.3 Å². The lowest BCUT2D eigenvalue weighted by Gasteiger charge is -2.04. The Hall–Kier alpha value is -0.830. The Bertz CT molecular complexity index is 321. The van der Waals surface area contributed by atoms with Crippen molar-refractivity contribution in [1.29, 1.82) is 0 Å². The van der Waals surface area contributed by atoms with E-state index in [-0.39, 0.29) is 5.78 Å². The fourth-order valence-corrected chi connectivity index (χ4v) is 1.58. The van der Waals surface area contributed by atoms with Crippen LogP contribution in [-0.2, 0) is 0 Å². The second-order valence-corrected chi connectivity index (χ2v) is 3.48. The summed E-state index contributed by atoms with van der Waals surface area (Å²) in [4.78, 5) is 11.3.